The van der Waals surface area contributed by atoms with Crippen LogP contribution in [0, 0.1) is 12.3 Å². The molecule has 0 bridgehead atoms. The van der Waals surface area contributed by atoms with Gasteiger partial charge in [0.1, 0.15) is 0 Å². The minimum absolute atomic E-state index is 0.836. The van der Waals surface area contributed by atoms with Crippen LogP contribution in [0.1, 0.15) is 26.2 Å². The molecule has 0 aliphatic heterocycles. The van der Waals surface area contributed by atoms with E-state index in [1.54, 1.807) is 0 Å². The second kappa shape index (κ2) is 8.08. The molecule has 0 nitrogen and oxygen atoms in total. The predicted molar refractivity (Wildman–Crippen MR) is 43.7 cm³/mol. The van der Waals surface area contributed by atoms with Crippen LogP contribution in [-0.2, 0) is 0 Å². The Labute approximate surface area is 64.6 Å². The zero-order chi connectivity index (χ0) is 6.95. The second-order valence-corrected chi connectivity index (χ2v) is 4.49. The van der Waals surface area contributed by atoms with Crippen molar-refractivity contribution >= 4 is 15.0 Å². The Morgan fingerprint density at radius 1 is 1.44 bits per heavy atom. The van der Waals surface area contributed by atoms with E-state index in [4.69, 9.17) is 6.42 Å². The Bertz CT molecular complexity index is 81.1. The topological polar surface area (TPSA) is 0 Å². The third-order valence-electron chi connectivity index (χ3n) is 1.03. The van der Waals surface area contributed by atoms with Gasteiger partial charge >= 0.3 is 64.1 Å². The third kappa shape index (κ3) is 8.08. The summed E-state index contributed by atoms with van der Waals surface area (Å²) >= 11 is 0.836. The van der Waals surface area contributed by atoms with Gasteiger partial charge in [0.05, 0.1) is 0 Å². The summed E-state index contributed by atoms with van der Waals surface area (Å²) in [6, 6.07) is 0. The Morgan fingerprint density at radius 3 is 2.78 bits per heavy atom. The van der Waals surface area contributed by atoms with E-state index in [1.807, 2.05) is 0 Å². The molecule has 9 heavy (non-hydrogen) atoms. The first-order valence-corrected chi connectivity index (χ1v) is 5.85. The predicted octanol–water partition coefficient (Wildman–Crippen LogP) is 2.35. The van der Waals surface area contributed by atoms with E-state index in [9.17, 15) is 0 Å². The van der Waals surface area contributed by atoms with Crippen molar-refractivity contribution in [3.63, 3.8) is 0 Å². The first-order chi connectivity index (χ1) is 4.41. The molecular weight excluding hydrogens is 175 g/mol. The van der Waals surface area contributed by atoms with Crippen LogP contribution in [0.5, 0.6) is 0 Å². The summed E-state index contributed by atoms with van der Waals surface area (Å²) in [6.45, 7) is 2.23. The summed E-state index contributed by atoms with van der Waals surface area (Å²) in [5, 5.41) is 2.70. The molecule has 0 atom stereocenters. The van der Waals surface area contributed by atoms with E-state index in [1.165, 1.54) is 23.5 Å². The van der Waals surface area contributed by atoms with Crippen molar-refractivity contribution in [1.82, 2.24) is 0 Å². The van der Waals surface area contributed by atoms with Crippen molar-refractivity contribution in [3.05, 3.63) is 0 Å². The van der Waals surface area contributed by atoms with Crippen molar-refractivity contribution < 1.29 is 0 Å². The molecule has 0 aromatic carbocycles. The van der Waals surface area contributed by atoms with Gasteiger partial charge in [-0.3, -0.25) is 0 Å². The van der Waals surface area contributed by atoms with E-state index in [2.05, 4.69) is 12.8 Å². The van der Waals surface area contributed by atoms with Gasteiger partial charge in [0, 0.05) is 0 Å². The fourth-order valence-corrected chi connectivity index (χ4v) is 2.49. The summed E-state index contributed by atoms with van der Waals surface area (Å²) in [5.41, 5.74) is 0. The first-order valence-electron chi connectivity index (χ1n) is 3.43. The molecule has 0 heterocycles. The third-order valence-corrected chi connectivity index (χ3v) is 3.28. The molecule has 0 aromatic heterocycles. The van der Waals surface area contributed by atoms with Gasteiger partial charge < -0.3 is 0 Å². The van der Waals surface area contributed by atoms with Gasteiger partial charge in [-0.05, 0) is 0 Å². The number of unbranched alkanes of at least 4 members (excludes halogenated alkanes) is 1. The molecular formula is C8H14Se. The van der Waals surface area contributed by atoms with Crippen LogP contribution < -0.4 is 0 Å². The van der Waals surface area contributed by atoms with E-state index >= 15 is 0 Å². The average Bonchev–Trinajstić information content (AvgIpc) is 1.89. The Balaban J connectivity index is 2.69. The average molecular weight is 189 g/mol. The van der Waals surface area contributed by atoms with Gasteiger partial charge in [-0.15, -0.1) is 0 Å². The van der Waals surface area contributed by atoms with E-state index < -0.39 is 0 Å². The maximum atomic E-state index is 5.10. The van der Waals surface area contributed by atoms with Crippen molar-refractivity contribution in [2.45, 2.75) is 36.8 Å². The fourth-order valence-electron chi connectivity index (χ4n) is 0.480. The number of terminal acetylenes is 1. The Kier molecular flexibility index (Phi) is 8.15. The normalized spacial score (nSPS) is 8.89. The van der Waals surface area contributed by atoms with Crippen LogP contribution in [0.15, 0.2) is 0 Å². The quantitative estimate of drug-likeness (QED) is 0.354. The monoisotopic (exact) mass is 190 g/mol. The molecule has 0 fully saturated rings. The van der Waals surface area contributed by atoms with Crippen LogP contribution in [0.25, 0.3) is 0 Å². The van der Waals surface area contributed by atoms with Gasteiger partial charge in [0.25, 0.3) is 0 Å². The van der Waals surface area contributed by atoms with Crippen LogP contribution >= 0.6 is 0 Å². The van der Waals surface area contributed by atoms with Crippen LogP contribution in [0.3, 0.4) is 0 Å². The Hall–Kier alpha value is 0.0795. The van der Waals surface area contributed by atoms with Crippen molar-refractivity contribution in [3.8, 4) is 12.3 Å². The van der Waals surface area contributed by atoms with Gasteiger partial charge in [0.15, 0.2) is 0 Å². The number of hydrogen-bond acceptors (Lipinski definition) is 0. The summed E-state index contributed by atoms with van der Waals surface area (Å²) in [6.07, 6.45) is 8.82. The van der Waals surface area contributed by atoms with Gasteiger partial charge in [0.2, 0.25) is 0 Å². The summed E-state index contributed by atoms with van der Waals surface area (Å²) in [5.74, 6) is 2.66. The van der Waals surface area contributed by atoms with Crippen LogP contribution in [0.4, 0.5) is 0 Å². The molecule has 0 aliphatic rings. The summed E-state index contributed by atoms with van der Waals surface area (Å²) in [4.78, 5) is 0. The van der Waals surface area contributed by atoms with Crippen LogP contribution in [0.2, 0.25) is 10.6 Å². The molecule has 0 saturated carbocycles. The number of rotatable bonds is 5. The number of hydrogen-bond donors (Lipinski definition) is 0. The summed E-state index contributed by atoms with van der Waals surface area (Å²) in [7, 11) is 0. The molecule has 52 valence electrons. The second-order valence-electron chi connectivity index (χ2n) is 1.92. The molecule has 0 spiro atoms. The molecule has 0 rings (SSSR count). The SMILES string of the molecule is C#CCC[Se]CCCC. The van der Waals surface area contributed by atoms with Crippen molar-refractivity contribution in [2.24, 2.45) is 0 Å². The summed E-state index contributed by atoms with van der Waals surface area (Å²) < 4.78 is 0. The molecule has 0 aromatic rings. The Morgan fingerprint density at radius 2 is 2.22 bits per heavy atom. The van der Waals surface area contributed by atoms with E-state index in [0.717, 1.165) is 21.4 Å². The standard InChI is InChI=1S/C8H14Se/c1-3-5-7-9-8-6-4-2/h1H,4-8H2,2H3. The van der Waals surface area contributed by atoms with Crippen molar-refractivity contribution in [2.75, 3.05) is 0 Å². The molecule has 0 N–H and O–H groups in total. The zero-order valence-corrected chi connectivity index (χ0v) is 7.73. The minimum atomic E-state index is 0.836. The molecule has 0 saturated heterocycles. The van der Waals surface area contributed by atoms with Gasteiger partial charge in [-0.2, -0.15) is 0 Å². The van der Waals surface area contributed by atoms with Gasteiger partial charge in [-0.25, -0.2) is 0 Å². The van der Waals surface area contributed by atoms with E-state index in [0.29, 0.717) is 0 Å². The molecule has 0 radical (unpaired) electrons. The zero-order valence-electron chi connectivity index (χ0n) is 6.02. The van der Waals surface area contributed by atoms with Crippen LogP contribution in [-0.4, -0.2) is 15.0 Å². The van der Waals surface area contributed by atoms with Gasteiger partial charge in [-0.1, -0.05) is 0 Å². The van der Waals surface area contributed by atoms with E-state index in [-0.39, 0.29) is 0 Å². The fraction of sp³-hybridized carbons (Fsp3) is 0.750. The molecule has 1 heteroatoms. The molecule has 0 unspecified atom stereocenters. The maximum absolute atomic E-state index is 5.10. The molecule has 0 aliphatic carbocycles. The first kappa shape index (κ1) is 9.08. The molecule has 0 amide bonds. The van der Waals surface area contributed by atoms with Crippen molar-refractivity contribution in [1.29, 1.82) is 0 Å².